The normalized spacial score (nSPS) is 13.1. The molecule has 0 fully saturated rings. The number of aromatic amines is 1. The smallest absolute Gasteiger partial charge is 0.231 e. The van der Waals surface area contributed by atoms with Gasteiger partial charge in [0.1, 0.15) is 0 Å². The fourth-order valence-electron chi connectivity index (χ4n) is 2.40. The van der Waals surface area contributed by atoms with Crippen LogP contribution in [0.3, 0.4) is 0 Å². The lowest BCUT2D eigenvalue weighted by Gasteiger charge is -2.02. The van der Waals surface area contributed by atoms with Crippen molar-refractivity contribution in [2.75, 3.05) is 6.79 Å². The fraction of sp³-hybridized carbons (Fsp3) is 0.133. The van der Waals surface area contributed by atoms with E-state index in [9.17, 15) is 0 Å². The van der Waals surface area contributed by atoms with Gasteiger partial charge in [-0.05, 0) is 23.8 Å². The molecule has 0 saturated carbocycles. The molecule has 0 atom stereocenters. The Balaban J connectivity index is 1.71. The summed E-state index contributed by atoms with van der Waals surface area (Å²) in [6, 6.07) is 14.2. The largest absolute Gasteiger partial charge is 0.454 e. The van der Waals surface area contributed by atoms with Crippen LogP contribution in [0.25, 0.3) is 10.9 Å². The molecule has 2 aromatic carbocycles. The van der Waals surface area contributed by atoms with Crippen LogP contribution >= 0.6 is 0 Å². The molecule has 0 amide bonds. The van der Waals surface area contributed by atoms with Crippen molar-refractivity contribution in [3.05, 3.63) is 53.7 Å². The van der Waals surface area contributed by atoms with E-state index < -0.39 is 0 Å². The maximum atomic E-state index is 5.40. The van der Waals surface area contributed by atoms with Crippen molar-refractivity contribution in [1.29, 1.82) is 0 Å². The highest BCUT2D eigenvalue weighted by Gasteiger charge is 2.14. The van der Waals surface area contributed by atoms with E-state index in [1.54, 1.807) is 0 Å². The molecule has 0 saturated heterocycles. The van der Waals surface area contributed by atoms with Crippen molar-refractivity contribution in [3.63, 3.8) is 0 Å². The second-order valence-electron chi connectivity index (χ2n) is 4.58. The average molecular weight is 252 g/mol. The summed E-state index contributed by atoms with van der Waals surface area (Å²) in [5.74, 6) is 1.64. The lowest BCUT2D eigenvalue weighted by molar-refractivity contribution is 0.174. The summed E-state index contributed by atoms with van der Waals surface area (Å²) < 4.78 is 10.7. The van der Waals surface area contributed by atoms with Crippen molar-refractivity contribution in [2.24, 2.45) is 0 Å². The fourth-order valence-corrected chi connectivity index (χ4v) is 2.40. The second-order valence-corrected chi connectivity index (χ2v) is 4.58. The lowest BCUT2D eigenvalue weighted by atomic mass is 10.1. The van der Waals surface area contributed by atoms with E-state index in [1.807, 2.05) is 30.3 Å². The van der Waals surface area contributed by atoms with Gasteiger partial charge in [-0.25, -0.2) is 0 Å². The first kappa shape index (κ1) is 10.4. The van der Waals surface area contributed by atoms with Crippen molar-refractivity contribution in [2.45, 2.75) is 6.42 Å². The molecule has 19 heavy (non-hydrogen) atoms. The van der Waals surface area contributed by atoms with Gasteiger partial charge >= 0.3 is 0 Å². The summed E-state index contributed by atoms with van der Waals surface area (Å²) in [4.78, 5) is 0. The third-order valence-corrected chi connectivity index (χ3v) is 3.36. The van der Waals surface area contributed by atoms with Gasteiger partial charge in [-0.15, -0.1) is 0 Å². The molecule has 0 aliphatic carbocycles. The monoisotopic (exact) mass is 252 g/mol. The summed E-state index contributed by atoms with van der Waals surface area (Å²) in [5, 5.41) is 8.58. The Morgan fingerprint density at radius 2 is 1.95 bits per heavy atom. The number of aromatic nitrogens is 2. The Hall–Kier alpha value is -2.49. The number of para-hydroxylation sites is 1. The quantitative estimate of drug-likeness (QED) is 0.762. The maximum absolute atomic E-state index is 5.40. The minimum atomic E-state index is 0.311. The van der Waals surface area contributed by atoms with E-state index in [2.05, 4.69) is 22.3 Å². The minimum absolute atomic E-state index is 0.311. The first-order valence-electron chi connectivity index (χ1n) is 6.21. The summed E-state index contributed by atoms with van der Waals surface area (Å²) in [6.07, 6.45) is 0.803. The molecule has 0 spiro atoms. The molecule has 94 valence electrons. The molecule has 1 aromatic heterocycles. The van der Waals surface area contributed by atoms with Crippen LogP contribution < -0.4 is 9.47 Å². The van der Waals surface area contributed by atoms with Crippen LogP contribution in [-0.4, -0.2) is 17.0 Å². The number of ether oxygens (including phenoxy) is 2. The van der Waals surface area contributed by atoms with E-state index in [1.165, 1.54) is 10.9 Å². The van der Waals surface area contributed by atoms with E-state index in [-0.39, 0.29) is 0 Å². The van der Waals surface area contributed by atoms with Crippen LogP contribution in [-0.2, 0) is 6.42 Å². The Bertz CT molecular complexity index is 749. The van der Waals surface area contributed by atoms with Gasteiger partial charge in [-0.1, -0.05) is 24.3 Å². The minimum Gasteiger partial charge on any atom is -0.454 e. The molecular weight excluding hydrogens is 240 g/mol. The molecule has 1 aliphatic heterocycles. The third-order valence-electron chi connectivity index (χ3n) is 3.36. The number of hydrogen-bond donors (Lipinski definition) is 1. The molecule has 1 N–H and O–H groups in total. The number of benzene rings is 2. The molecule has 0 bridgehead atoms. The molecular formula is C15H12N2O2. The molecule has 4 rings (SSSR count). The van der Waals surface area contributed by atoms with Gasteiger partial charge in [-0.2, -0.15) is 5.10 Å². The van der Waals surface area contributed by atoms with E-state index in [0.29, 0.717) is 6.79 Å². The van der Waals surface area contributed by atoms with Crippen molar-refractivity contribution < 1.29 is 9.47 Å². The molecule has 3 aromatic rings. The third kappa shape index (κ3) is 1.73. The topological polar surface area (TPSA) is 47.1 Å². The number of rotatable bonds is 2. The average Bonchev–Trinajstić information content (AvgIpc) is 3.06. The first-order valence-corrected chi connectivity index (χ1v) is 6.21. The highest BCUT2D eigenvalue weighted by Crippen LogP contribution is 2.33. The van der Waals surface area contributed by atoms with Crippen LogP contribution in [0.2, 0.25) is 0 Å². The number of nitrogens with zero attached hydrogens (tertiary/aromatic N) is 1. The molecule has 0 unspecified atom stereocenters. The number of H-pyrrole nitrogens is 1. The predicted octanol–water partition coefficient (Wildman–Crippen LogP) is 2.88. The van der Waals surface area contributed by atoms with Gasteiger partial charge in [0, 0.05) is 17.5 Å². The summed E-state index contributed by atoms with van der Waals surface area (Å²) in [6.45, 7) is 0.311. The zero-order valence-electron chi connectivity index (χ0n) is 10.2. The molecule has 1 aliphatic rings. The standard InChI is InChI=1S/C15H12N2O2/c1-2-4-12-11(3-1)13(17-16-12)7-10-5-6-14-15(8-10)19-9-18-14/h1-6,8H,7,9H2,(H,16,17). The highest BCUT2D eigenvalue weighted by molar-refractivity contribution is 5.81. The van der Waals surface area contributed by atoms with Crippen LogP contribution in [0, 0.1) is 0 Å². The van der Waals surface area contributed by atoms with E-state index >= 15 is 0 Å². The predicted molar refractivity (Wildman–Crippen MR) is 71.5 cm³/mol. The first-order chi connectivity index (χ1) is 9.40. The van der Waals surface area contributed by atoms with E-state index in [0.717, 1.165) is 29.1 Å². The maximum Gasteiger partial charge on any atom is 0.231 e. The Labute approximate surface area is 110 Å². The van der Waals surface area contributed by atoms with Crippen molar-refractivity contribution in [1.82, 2.24) is 10.2 Å². The van der Waals surface area contributed by atoms with Crippen LogP contribution in [0.1, 0.15) is 11.3 Å². The van der Waals surface area contributed by atoms with Crippen LogP contribution in [0.5, 0.6) is 11.5 Å². The van der Waals surface area contributed by atoms with E-state index in [4.69, 9.17) is 9.47 Å². The molecule has 2 heterocycles. The van der Waals surface area contributed by atoms with Crippen LogP contribution in [0.15, 0.2) is 42.5 Å². The highest BCUT2D eigenvalue weighted by atomic mass is 16.7. The SMILES string of the molecule is c1ccc2c(Cc3ccc4c(c3)OCO4)[nH]nc2c1. The Morgan fingerprint density at radius 1 is 1.05 bits per heavy atom. The zero-order valence-corrected chi connectivity index (χ0v) is 10.2. The van der Waals surface area contributed by atoms with Gasteiger partial charge in [-0.3, -0.25) is 5.10 Å². The summed E-state index contributed by atoms with van der Waals surface area (Å²) in [7, 11) is 0. The van der Waals surface area contributed by atoms with Gasteiger partial charge in [0.2, 0.25) is 6.79 Å². The van der Waals surface area contributed by atoms with Crippen LogP contribution in [0.4, 0.5) is 0 Å². The zero-order chi connectivity index (χ0) is 12.7. The molecule has 4 heteroatoms. The lowest BCUT2D eigenvalue weighted by Crippen LogP contribution is -1.93. The van der Waals surface area contributed by atoms with Gasteiger partial charge < -0.3 is 9.47 Å². The van der Waals surface area contributed by atoms with Gasteiger partial charge in [0.25, 0.3) is 0 Å². The number of nitrogens with one attached hydrogen (secondary N) is 1. The number of hydrogen-bond acceptors (Lipinski definition) is 3. The van der Waals surface area contributed by atoms with Crippen molar-refractivity contribution >= 4 is 10.9 Å². The Kier molecular flexibility index (Phi) is 2.21. The summed E-state index contributed by atoms with van der Waals surface area (Å²) in [5.41, 5.74) is 3.30. The number of fused-ring (bicyclic) bond motifs is 2. The molecule has 4 nitrogen and oxygen atoms in total. The Morgan fingerprint density at radius 3 is 2.95 bits per heavy atom. The molecule has 0 radical (unpaired) electrons. The second kappa shape index (κ2) is 4.02. The van der Waals surface area contributed by atoms with Gasteiger partial charge in [0.15, 0.2) is 11.5 Å². The van der Waals surface area contributed by atoms with Crippen molar-refractivity contribution in [3.8, 4) is 11.5 Å². The van der Waals surface area contributed by atoms with Gasteiger partial charge in [0.05, 0.1) is 5.52 Å². The summed E-state index contributed by atoms with van der Waals surface area (Å²) >= 11 is 0.